The van der Waals surface area contributed by atoms with E-state index >= 15 is 0 Å². The molecule has 0 amide bonds. The van der Waals surface area contributed by atoms with Crippen molar-refractivity contribution in [3.63, 3.8) is 0 Å². The summed E-state index contributed by atoms with van der Waals surface area (Å²) < 4.78 is 26.2. The lowest BCUT2D eigenvalue weighted by Gasteiger charge is -2.07. The molecule has 2 atom stereocenters. The largest absolute Gasteiger partial charge is 0.385 e. The van der Waals surface area contributed by atoms with Crippen LogP contribution in [0.15, 0.2) is 47.4 Å². The first-order chi connectivity index (χ1) is 10.9. The summed E-state index contributed by atoms with van der Waals surface area (Å²) in [5.41, 5.74) is 2.09. The number of halogens is 2. The van der Waals surface area contributed by atoms with Gasteiger partial charge < -0.3 is 5.32 Å². The van der Waals surface area contributed by atoms with Gasteiger partial charge in [-0.1, -0.05) is 26.0 Å². The van der Waals surface area contributed by atoms with Gasteiger partial charge >= 0.3 is 0 Å². The summed E-state index contributed by atoms with van der Waals surface area (Å²) in [6.45, 7) is 5.21. The van der Waals surface area contributed by atoms with Gasteiger partial charge in [0, 0.05) is 17.1 Å². The molecule has 2 unspecified atom stereocenters. The molecular formula is C18H20F2N2S. The van der Waals surface area contributed by atoms with E-state index in [1.165, 1.54) is 23.6 Å². The first kappa shape index (κ1) is 16.3. The fourth-order valence-corrected chi connectivity index (χ4v) is 3.67. The lowest BCUT2D eigenvalue weighted by Crippen LogP contribution is -2.07. The van der Waals surface area contributed by atoms with E-state index in [1.54, 1.807) is 6.07 Å². The second-order valence-electron chi connectivity index (χ2n) is 6.60. The Kier molecular flexibility index (Phi) is 4.34. The number of anilines is 1. The van der Waals surface area contributed by atoms with Gasteiger partial charge in [0.15, 0.2) is 11.6 Å². The molecule has 3 rings (SSSR count). The molecule has 0 heterocycles. The number of hydrogen-bond donors (Lipinski definition) is 2. The maximum Gasteiger partial charge on any atom is 0.160 e. The van der Waals surface area contributed by atoms with Crippen molar-refractivity contribution in [2.24, 2.45) is 16.5 Å². The highest BCUT2D eigenvalue weighted by Gasteiger charge is 2.57. The van der Waals surface area contributed by atoms with E-state index in [4.69, 9.17) is 5.14 Å². The zero-order chi connectivity index (χ0) is 16.6. The van der Waals surface area contributed by atoms with Crippen molar-refractivity contribution in [1.82, 2.24) is 0 Å². The maximum atomic E-state index is 13.3. The maximum absolute atomic E-state index is 13.3. The Balaban J connectivity index is 1.67. The third-order valence-corrected chi connectivity index (χ3v) is 5.42. The molecule has 122 valence electrons. The molecule has 0 spiro atoms. The van der Waals surface area contributed by atoms with Gasteiger partial charge in [-0.2, -0.15) is 0 Å². The van der Waals surface area contributed by atoms with Crippen LogP contribution in [0.25, 0.3) is 0 Å². The van der Waals surface area contributed by atoms with E-state index in [2.05, 4.69) is 31.3 Å². The monoisotopic (exact) mass is 334 g/mol. The van der Waals surface area contributed by atoms with Crippen LogP contribution in [0.3, 0.4) is 0 Å². The van der Waals surface area contributed by atoms with Crippen molar-refractivity contribution in [2.45, 2.75) is 24.7 Å². The van der Waals surface area contributed by atoms with E-state index in [0.717, 1.165) is 17.5 Å². The first-order valence-electron chi connectivity index (χ1n) is 7.59. The van der Waals surface area contributed by atoms with Crippen LogP contribution in [0.4, 0.5) is 14.5 Å². The van der Waals surface area contributed by atoms with Crippen LogP contribution in [0, 0.1) is 23.0 Å². The standard InChI is InChI=1S/C18H20F2N2S/c1-18(2)14(10-22-12-5-8-15(19)16(20)9-12)17(18)11-3-6-13(23-21)7-4-11/h3-9,14,17,22H,10,21H2,1-2H3. The van der Waals surface area contributed by atoms with Gasteiger partial charge in [-0.15, -0.1) is 0 Å². The molecule has 0 aromatic heterocycles. The van der Waals surface area contributed by atoms with Gasteiger partial charge in [0.25, 0.3) is 0 Å². The van der Waals surface area contributed by atoms with Gasteiger partial charge in [0.05, 0.1) is 0 Å². The molecule has 1 aliphatic rings. The summed E-state index contributed by atoms with van der Waals surface area (Å²) in [4.78, 5) is 1.05. The molecule has 0 saturated heterocycles. The van der Waals surface area contributed by atoms with Crippen molar-refractivity contribution >= 4 is 17.6 Å². The third kappa shape index (κ3) is 3.21. The van der Waals surface area contributed by atoms with Crippen molar-refractivity contribution in [3.8, 4) is 0 Å². The quantitative estimate of drug-likeness (QED) is 0.773. The zero-order valence-electron chi connectivity index (χ0n) is 13.1. The Morgan fingerprint density at radius 1 is 1.09 bits per heavy atom. The lowest BCUT2D eigenvalue weighted by atomic mass is 10.0. The first-order valence-corrected chi connectivity index (χ1v) is 8.47. The van der Waals surface area contributed by atoms with Crippen LogP contribution in [-0.4, -0.2) is 6.54 Å². The number of nitrogens with two attached hydrogens (primary N) is 1. The van der Waals surface area contributed by atoms with Crippen LogP contribution in [0.5, 0.6) is 0 Å². The fourth-order valence-electron chi connectivity index (χ4n) is 3.37. The molecule has 2 nitrogen and oxygen atoms in total. The normalized spacial score (nSPS) is 22.0. The molecule has 0 bridgehead atoms. The van der Waals surface area contributed by atoms with Crippen molar-refractivity contribution < 1.29 is 8.78 Å². The molecule has 1 fully saturated rings. The van der Waals surface area contributed by atoms with E-state index in [9.17, 15) is 8.78 Å². The average molecular weight is 334 g/mol. The van der Waals surface area contributed by atoms with Crippen LogP contribution < -0.4 is 10.5 Å². The number of hydrogen-bond acceptors (Lipinski definition) is 3. The van der Waals surface area contributed by atoms with Crippen LogP contribution >= 0.6 is 11.9 Å². The van der Waals surface area contributed by atoms with Gasteiger partial charge in [0.1, 0.15) is 0 Å². The van der Waals surface area contributed by atoms with Gasteiger partial charge in [-0.25, -0.2) is 8.78 Å². The molecule has 0 radical (unpaired) electrons. The summed E-state index contributed by atoms with van der Waals surface area (Å²) in [6.07, 6.45) is 0. The Morgan fingerprint density at radius 3 is 2.39 bits per heavy atom. The molecular weight excluding hydrogens is 314 g/mol. The highest BCUT2D eigenvalue weighted by molar-refractivity contribution is 7.97. The zero-order valence-corrected chi connectivity index (χ0v) is 14.0. The number of rotatable bonds is 5. The summed E-state index contributed by atoms with van der Waals surface area (Å²) >= 11 is 1.24. The summed E-state index contributed by atoms with van der Waals surface area (Å²) in [7, 11) is 0. The summed E-state index contributed by atoms with van der Waals surface area (Å²) in [5.74, 6) is -0.737. The predicted molar refractivity (Wildman–Crippen MR) is 91.3 cm³/mol. The Bertz CT molecular complexity index is 701. The minimum Gasteiger partial charge on any atom is -0.385 e. The number of benzene rings is 2. The van der Waals surface area contributed by atoms with E-state index in [0.29, 0.717) is 17.5 Å². The second-order valence-corrected chi connectivity index (χ2v) is 7.31. The average Bonchev–Trinajstić information content (AvgIpc) is 3.09. The Morgan fingerprint density at radius 2 is 1.78 bits per heavy atom. The smallest absolute Gasteiger partial charge is 0.160 e. The van der Waals surface area contributed by atoms with Crippen molar-refractivity contribution in [1.29, 1.82) is 0 Å². The minimum absolute atomic E-state index is 0.183. The third-order valence-electron chi connectivity index (χ3n) is 4.87. The van der Waals surface area contributed by atoms with Gasteiger partial charge in [-0.3, -0.25) is 5.14 Å². The van der Waals surface area contributed by atoms with Crippen molar-refractivity contribution in [3.05, 3.63) is 59.7 Å². The topological polar surface area (TPSA) is 38.0 Å². The Labute approximate surface area is 139 Å². The van der Waals surface area contributed by atoms with E-state index < -0.39 is 11.6 Å². The van der Waals surface area contributed by atoms with Crippen LogP contribution in [-0.2, 0) is 0 Å². The highest BCUT2D eigenvalue weighted by Crippen LogP contribution is 2.64. The van der Waals surface area contributed by atoms with Crippen molar-refractivity contribution in [2.75, 3.05) is 11.9 Å². The molecule has 2 aromatic rings. The SMILES string of the molecule is CC1(C)C(CNc2ccc(F)c(F)c2)C1c1ccc(SN)cc1. The predicted octanol–water partition coefficient (Wildman–Crippen LogP) is 4.78. The molecule has 2 aromatic carbocycles. The highest BCUT2D eigenvalue weighted by atomic mass is 32.2. The molecule has 0 aliphatic heterocycles. The molecule has 5 heteroatoms. The molecule has 1 saturated carbocycles. The van der Waals surface area contributed by atoms with Gasteiger partial charge in [0.2, 0.25) is 0 Å². The molecule has 3 N–H and O–H groups in total. The van der Waals surface area contributed by atoms with Crippen LogP contribution in [0.2, 0.25) is 0 Å². The number of nitrogens with one attached hydrogen (secondary N) is 1. The summed E-state index contributed by atoms with van der Waals surface area (Å²) in [6, 6.07) is 12.2. The summed E-state index contributed by atoms with van der Waals surface area (Å²) in [5, 5.41) is 8.78. The van der Waals surface area contributed by atoms with Gasteiger partial charge in [-0.05, 0) is 65.1 Å². The fraction of sp³-hybridized carbons (Fsp3) is 0.333. The van der Waals surface area contributed by atoms with Crippen LogP contribution in [0.1, 0.15) is 25.3 Å². The lowest BCUT2D eigenvalue weighted by molar-refractivity contribution is 0.509. The molecule has 23 heavy (non-hydrogen) atoms. The van der Waals surface area contributed by atoms with E-state index in [1.807, 2.05) is 12.1 Å². The minimum atomic E-state index is -0.823. The molecule has 1 aliphatic carbocycles. The Hall–Kier alpha value is -1.59. The van der Waals surface area contributed by atoms with E-state index in [-0.39, 0.29) is 5.41 Å². The second kappa shape index (κ2) is 6.13.